The maximum Gasteiger partial charge on any atom is 0.265 e. The third-order valence-electron chi connectivity index (χ3n) is 3.32. The number of aliphatic hydroxyl groups is 1. The number of hydrogen-bond acceptors (Lipinski definition) is 7. The maximum atomic E-state index is 11.9. The van der Waals surface area contributed by atoms with E-state index < -0.39 is 5.91 Å². The molecule has 0 fully saturated rings. The Morgan fingerprint density at radius 1 is 1.42 bits per heavy atom. The molecule has 0 spiro atoms. The number of hydrogen-bond donors (Lipinski definition) is 3. The summed E-state index contributed by atoms with van der Waals surface area (Å²) in [6.07, 6.45) is 3.26. The van der Waals surface area contributed by atoms with Crippen molar-refractivity contribution < 1.29 is 9.90 Å². The van der Waals surface area contributed by atoms with Crippen molar-refractivity contribution in [3.8, 4) is 6.07 Å². The van der Waals surface area contributed by atoms with Gasteiger partial charge in [0.25, 0.3) is 5.91 Å². The highest BCUT2D eigenvalue weighted by molar-refractivity contribution is 7.99. The zero-order valence-corrected chi connectivity index (χ0v) is 13.5. The molecule has 1 aliphatic heterocycles. The van der Waals surface area contributed by atoms with Crippen molar-refractivity contribution in [2.45, 2.75) is 23.4 Å². The average Bonchev–Trinajstić information content (AvgIpc) is 2.58. The van der Waals surface area contributed by atoms with E-state index in [1.807, 2.05) is 18.2 Å². The minimum Gasteiger partial charge on any atom is -0.511 e. The fraction of sp³-hybridized carbons (Fsp3) is 0.125. The third kappa shape index (κ3) is 3.16. The topological polar surface area (TPSA) is 111 Å². The molecule has 1 aromatic heterocycles. The zero-order chi connectivity index (χ0) is 17.1. The Bertz CT molecular complexity index is 884. The Kier molecular flexibility index (Phi) is 4.35. The Hall–Kier alpha value is -3.05. The van der Waals surface area contributed by atoms with Gasteiger partial charge in [0.1, 0.15) is 16.9 Å². The van der Waals surface area contributed by atoms with Gasteiger partial charge in [-0.3, -0.25) is 4.79 Å². The predicted octanol–water partition coefficient (Wildman–Crippen LogP) is 2.66. The SMILES string of the molecule is C/C(O)=C(\C#N)C(=O)NCc1ccc2c(c1)Nc1nccnc1S2. The first-order valence-electron chi connectivity index (χ1n) is 7.05. The Labute approximate surface area is 142 Å². The number of nitriles is 1. The van der Waals surface area contributed by atoms with E-state index in [9.17, 15) is 9.90 Å². The van der Waals surface area contributed by atoms with Crippen molar-refractivity contribution in [1.29, 1.82) is 5.26 Å². The van der Waals surface area contributed by atoms with Gasteiger partial charge in [-0.25, -0.2) is 9.97 Å². The Morgan fingerprint density at radius 3 is 2.96 bits per heavy atom. The van der Waals surface area contributed by atoms with Gasteiger partial charge in [0.05, 0.1) is 5.69 Å². The van der Waals surface area contributed by atoms with Crippen LogP contribution in [0.4, 0.5) is 11.5 Å². The maximum absolute atomic E-state index is 11.9. The quantitative estimate of drug-likeness (QED) is 0.382. The van der Waals surface area contributed by atoms with Crippen molar-refractivity contribution in [1.82, 2.24) is 15.3 Å². The van der Waals surface area contributed by atoms with Gasteiger partial charge in [-0.2, -0.15) is 5.26 Å². The minimum absolute atomic E-state index is 0.240. The standard InChI is InChI=1S/C16H13N5O2S/c1-9(22)11(7-17)15(23)20-8-10-2-3-13-12(6-10)21-14-16(24-13)19-5-4-18-14/h2-6,22H,8H2,1H3,(H,18,21)(H,20,23)/b11-9-. The molecule has 3 rings (SSSR count). The number of amides is 1. The number of fused-ring (bicyclic) bond motifs is 2. The van der Waals surface area contributed by atoms with E-state index in [1.165, 1.54) is 18.7 Å². The average molecular weight is 339 g/mol. The molecule has 8 heteroatoms. The van der Waals surface area contributed by atoms with Gasteiger partial charge in [0, 0.05) is 23.8 Å². The summed E-state index contributed by atoms with van der Waals surface area (Å²) in [5.74, 6) is -0.204. The molecule has 24 heavy (non-hydrogen) atoms. The van der Waals surface area contributed by atoms with Gasteiger partial charge in [-0.15, -0.1) is 0 Å². The summed E-state index contributed by atoms with van der Waals surface area (Å²) in [5, 5.41) is 24.8. The van der Waals surface area contributed by atoms with E-state index in [0.717, 1.165) is 21.2 Å². The fourth-order valence-corrected chi connectivity index (χ4v) is 3.04. The number of aromatic nitrogens is 2. The predicted molar refractivity (Wildman–Crippen MR) is 88.7 cm³/mol. The number of benzene rings is 1. The van der Waals surface area contributed by atoms with Crippen LogP contribution in [0.2, 0.25) is 0 Å². The highest BCUT2D eigenvalue weighted by Gasteiger charge is 2.18. The van der Waals surface area contributed by atoms with Crippen LogP contribution < -0.4 is 10.6 Å². The molecule has 0 radical (unpaired) electrons. The van der Waals surface area contributed by atoms with E-state index in [-0.39, 0.29) is 17.9 Å². The van der Waals surface area contributed by atoms with Gasteiger partial charge >= 0.3 is 0 Å². The summed E-state index contributed by atoms with van der Waals surface area (Å²) in [6, 6.07) is 7.41. The largest absolute Gasteiger partial charge is 0.511 e. The van der Waals surface area contributed by atoms with E-state index in [0.29, 0.717) is 5.82 Å². The lowest BCUT2D eigenvalue weighted by Gasteiger charge is -2.19. The summed E-state index contributed by atoms with van der Waals surface area (Å²) >= 11 is 1.52. The monoisotopic (exact) mass is 339 g/mol. The van der Waals surface area contributed by atoms with Gasteiger partial charge in [-0.05, 0) is 24.6 Å². The molecule has 0 bridgehead atoms. The molecule has 1 aromatic carbocycles. The summed E-state index contributed by atoms with van der Waals surface area (Å²) < 4.78 is 0. The number of carbonyl (C=O) groups excluding carboxylic acids is 1. The van der Waals surface area contributed by atoms with Crippen molar-refractivity contribution in [2.75, 3.05) is 5.32 Å². The van der Waals surface area contributed by atoms with Gasteiger partial charge in [0.15, 0.2) is 11.4 Å². The highest BCUT2D eigenvalue weighted by atomic mass is 32.2. The van der Waals surface area contributed by atoms with Crippen LogP contribution in [0.25, 0.3) is 0 Å². The summed E-state index contributed by atoms with van der Waals surface area (Å²) in [4.78, 5) is 21.4. The second-order valence-corrected chi connectivity index (χ2v) is 6.05. The molecule has 1 aliphatic rings. The molecule has 0 aliphatic carbocycles. The van der Waals surface area contributed by atoms with Crippen LogP contribution in [0.5, 0.6) is 0 Å². The molecule has 0 saturated heterocycles. The van der Waals surface area contributed by atoms with Crippen LogP contribution in [0.1, 0.15) is 12.5 Å². The lowest BCUT2D eigenvalue weighted by atomic mass is 10.1. The molecule has 2 heterocycles. The van der Waals surface area contributed by atoms with Crippen molar-refractivity contribution in [3.05, 3.63) is 47.5 Å². The summed E-state index contributed by atoms with van der Waals surface area (Å²) in [5.41, 5.74) is 1.45. The molecule has 1 amide bonds. The molecule has 120 valence electrons. The lowest BCUT2D eigenvalue weighted by molar-refractivity contribution is -0.117. The van der Waals surface area contributed by atoms with Crippen LogP contribution in [0.3, 0.4) is 0 Å². The Balaban J connectivity index is 1.73. The van der Waals surface area contributed by atoms with Gasteiger partial charge < -0.3 is 15.7 Å². The van der Waals surface area contributed by atoms with Crippen molar-refractivity contribution in [3.63, 3.8) is 0 Å². The molecular formula is C16H13N5O2S. The smallest absolute Gasteiger partial charge is 0.265 e. The first-order valence-corrected chi connectivity index (χ1v) is 7.87. The number of rotatable bonds is 3. The number of allylic oxidation sites excluding steroid dienone is 1. The number of carbonyl (C=O) groups is 1. The number of anilines is 2. The van der Waals surface area contributed by atoms with Crippen LogP contribution in [0.15, 0.2) is 51.8 Å². The summed E-state index contributed by atoms with van der Waals surface area (Å²) in [6.45, 7) is 1.54. The normalized spacial score (nSPS) is 12.8. The lowest BCUT2D eigenvalue weighted by Crippen LogP contribution is -2.24. The molecule has 0 atom stereocenters. The van der Waals surface area contributed by atoms with E-state index >= 15 is 0 Å². The second kappa shape index (κ2) is 6.60. The van der Waals surface area contributed by atoms with E-state index in [1.54, 1.807) is 18.5 Å². The van der Waals surface area contributed by atoms with Crippen LogP contribution >= 0.6 is 11.8 Å². The number of aliphatic hydroxyl groups excluding tert-OH is 1. The molecule has 3 N–H and O–H groups in total. The van der Waals surface area contributed by atoms with E-state index in [4.69, 9.17) is 5.26 Å². The highest BCUT2D eigenvalue weighted by Crippen LogP contribution is 2.41. The molecule has 0 unspecified atom stereocenters. The fourth-order valence-electron chi connectivity index (χ4n) is 2.16. The van der Waals surface area contributed by atoms with Crippen molar-refractivity contribution >= 4 is 29.2 Å². The van der Waals surface area contributed by atoms with Gasteiger partial charge in [0.2, 0.25) is 0 Å². The van der Waals surface area contributed by atoms with Crippen LogP contribution in [0, 0.1) is 11.3 Å². The molecule has 2 aromatic rings. The summed E-state index contributed by atoms with van der Waals surface area (Å²) in [7, 11) is 0. The third-order valence-corrected chi connectivity index (χ3v) is 4.39. The van der Waals surface area contributed by atoms with Crippen molar-refractivity contribution in [2.24, 2.45) is 0 Å². The first kappa shape index (κ1) is 15.8. The Morgan fingerprint density at radius 2 is 2.21 bits per heavy atom. The molecular weight excluding hydrogens is 326 g/mol. The van der Waals surface area contributed by atoms with E-state index in [2.05, 4.69) is 20.6 Å². The van der Waals surface area contributed by atoms with Crippen LogP contribution in [-0.2, 0) is 11.3 Å². The number of nitrogens with zero attached hydrogens (tertiary/aromatic N) is 3. The minimum atomic E-state index is -0.603. The van der Waals surface area contributed by atoms with Gasteiger partial charge in [-0.1, -0.05) is 17.8 Å². The van der Waals surface area contributed by atoms with Crippen LogP contribution in [-0.4, -0.2) is 21.0 Å². The molecule has 0 saturated carbocycles. The first-order chi connectivity index (χ1) is 11.6. The zero-order valence-electron chi connectivity index (χ0n) is 12.7. The number of nitrogens with one attached hydrogen (secondary N) is 2. The second-order valence-electron chi connectivity index (χ2n) is 5.02. The molecule has 7 nitrogen and oxygen atoms in total.